The van der Waals surface area contributed by atoms with Gasteiger partial charge in [0.05, 0.1) is 26.1 Å². The van der Waals surface area contributed by atoms with Gasteiger partial charge in [-0.2, -0.15) is 0 Å². The van der Waals surface area contributed by atoms with E-state index in [-0.39, 0.29) is 17.8 Å². The normalized spacial score (nSPS) is 13.6. The zero-order chi connectivity index (χ0) is 22.9. The van der Waals surface area contributed by atoms with Crippen molar-refractivity contribution >= 4 is 17.1 Å². The van der Waals surface area contributed by atoms with Crippen LogP contribution in [0.5, 0.6) is 0 Å². The zero-order valence-corrected chi connectivity index (χ0v) is 16.2. The van der Waals surface area contributed by atoms with E-state index in [1.54, 1.807) is 18.7 Å². The monoisotopic (exact) mass is 421 g/mol. The number of hydrogen-bond acceptors (Lipinski definition) is 10. The largest absolute Gasteiger partial charge is 0.480 e. The Morgan fingerprint density at radius 3 is 1.90 bits per heavy atom. The molecule has 0 amide bonds. The molecule has 3 atom stereocenters. The van der Waals surface area contributed by atoms with Crippen LogP contribution in [0.15, 0.2) is 15.9 Å². The van der Waals surface area contributed by atoms with Crippen molar-refractivity contribution < 1.29 is 35.4 Å². The standard InChI is InChI=1S/C8H10N4O2.C5H12O5.C2H5NO2/c1-10-4-9-6-5(10)7(13)12(3)8(14)11(6)2;6-1-3(8)5(10)4(9)2-7;3-1-2(4)5/h4H,1-3H3;3-10H,1-2H2;1,3H2,(H,4,5)/t;3-,4+,5?;. The first-order valence-electron chi connectivity index (χ1n) is 8.19. The molecule has 29 heavy (non-hydrogen) atoms. The number of carboxylic acid groups (broad SMARTS) is 1. The molecular weight excluding hydrogens is 394 g/mol. The third kappa shape index (κ3) is 7.04. The summed E-state index contributed by atoms with van der Waals surface area (Å²) in [4.78, 5) is 36.4. The molecule has 14 heteroatoms. The van der Waals surface area contributed by atoms with Crippen molar-refractivity contribution in [3.63, 3.8) is 0 Å². The minimum Gasteiger partial charge on any atom is -0.480 e. The smallest absolute Gasteiger partial charge is 0.332 e. The summed E-state index contributed by atoms with van der Waals surface area (Å²) >= 11 is 0. The van der Waals surface area contributed by atoms with Gasteiger partial charge in [-0.15, -0.1) is 0 Å². The van der Waals surface area contributed by atoms with Gasteiger partial charge in [0.15, 0.2) is 11.2 Å². The second-order valence-electron chi connectivity index (χ2n) is 5.82. The van der Waals surface area contributed by atoms with Crippen LogP contribution in [0.25, 0.3) is 11.2 Å². The van der Waals surface area contributed by atoms with Crippen LogP contribution in [0.4, 0.5) is 0 Å². The van der Waals surface area contributed by atoms with Crippen molar-refractivity contribution in [1.29, 1.82) is 0 Å². The molecule has 0 bridgehead atoms. The van der Waals surface area contributed by atoms with Gasteiger partial charge in [-0.05, 0) is 0 Å². The van der Waals surface area contributed by atoms with Crippen molar-refractivity contribution in [2.24, 2.45) is 26.9 Å². The molecule has 0 aliphatic rings. The van der Waals surface area contributed by atoms with Gasteiger partial charge in [0.1, 0.15) is 18.3 Å². The average molecular weight is 421 g/mol. The van der Waals surface area contributed by atoms with Crippen LogP contribution >= 0.6 is 0 Å². The Kier molecular flexibility index (Phi) is 11.0. The molecule has 0 aromatic carbocycles. The number of fused-ring (bicyclic) bond motifs is 1. The van der Waals surface area contributed by atoms with Gasteiger partial charge < -0.3 is 40.9 Å². The highest BCUT2D eigenvalue weighted by molar-refractivity contribution is 5.69. The number of hydrogen-bond donors (Lipinski definition) is 7. The molecule has 0 spiro atoms. The number of carboxylic acids is 1. The summed E-state index contributed by atoms with van der Waals surface area (Å²) in [5.41, 5.74) is 4.75. The van der Waals surface area contributed by atoms with Crippen LogP contribution in [-0.4, -0.2) is 93.4 Å². The van der Waals surface area contributed by atoms with Crippen LogP contribution in [0.2, 0.25) is 0 Å². The van der Waals surface area contributed by atoms with E-state index >= 15 is 0 Å². The molecule has 0 saturated carbocycles. The lowest BCUT2D eigenvalue weighted by Crippen LogP contribution is -2.41. The molecule has 0 radical (unpaired) electrons. The first-order chi connectivity index (χ1) is 13.4. The van der Waals surface area contributed by atoms with Crippen molar-refractivity contribution in [2.75, 3.05) is 19.8 Å². The molecule has 0 aliphatic heterocycles. The molecule has 2 aromatic rings. The molecule has 1 unspecified atom stereocenters. The summed E-state index contributed by atoms with van der Waals surface area (Å²) in [6, 6.07) is 0. The summed E-state index contributed by atoms with van der Waals surface area (Å²) in [5, 5.41) is 50.2. The van der Waals surface area contributed by atoms with Crippen molar-refractivity contribution in [3.05, 3.63) is 27.2 Å². The lowest BCUT2D eigenvalue weighted by molar-refractivity contribution is -0.135. The third-order valence-corrected chi connectivity index (χ3v) is 3.65. The summed E-state index contributed by atoms with van der Waals surface area (Å²) in [7, 11) is 4.77. The Hall–Kier alpha value is -2.62. The number of aryl methyl sites for hydroxylation is 2. The van der Waals surface area contributed by atoms with E-state index in [1.807, 2.05) is 0 Å². The second-order valence-corrected chi connectivity index (χ2v) is 5.82. The van der Waals surface area contributed by atoms with Gasteiger partial charge in [-0.1, -0.05) is 0 Å². The van der Waals surface area contributed by atoms with E-state index in [9.17, 15) is 14.4 Å². The molecule has 166 valence electrons. The lowest BCUT2D eigenvalue weighted by Gasteiger charge is -2.19. The summed E-state index contributed by atoms with van der Waals surface area (Å²) in [6.07, 6.45) is -2.77. The van der Waals surface area contributed by atoms with Gasteiger partial charge >= 0.3 is 11.7 Å². The quantitative estimate of drug-likeness (QED) is 0.242. The second kappa shape index (κ2) is 12.1. The Labute approximate surface area is 164 Å². The van der Waals surface area contributed by atoms with Crippen molar-refractivity contribution in [2.45, 2.75) is 18.3 Å². The van der Waals surface area contributed by atoms with Crippen molar-refractivity contribution in [3.8, 4) is 0 Å². The van der Waals surface area contributed by atoms with Crippen molar-refractivity contribution in [1.82, 2.24) is 18.7 Å². The fraction of sp³-hybridized carbons (Fsp3) is 0.600. The number of aliphatic hydroxyl groups excluding tert-OH is 5. The minimum absolute atomic E-state index is 0.278. The maximum atomic E-state index is 11.7. The molecule has 14 nitrogen and oxygen atoms in total. The number of rotatable bonds is 5. The number of aromatic nitrogens is 4. The number of carbonyl (C=O) groups is 1. The van der Waals surface area contributed by atoms with E-state index in [2.05, 4.69) is 10.7 Å². The highest BCUT2D eigenvalue weighted by Crippen LogP contribution is 2.01. The maximum absolute atomic E-state index is 11.7. The summed E-state index contributed by atoms with van der Waals surface area (Å²) in [5.74, 6) is -0.968. The molecule has 0 fully saturated rings. The minimum atomic E-state index is -1.49. The van der Waals surface area contributed by atoms with E-state index in [0.29, 0.717) is 11.2 Å². The highest BCUT2D eigenvalue weighted by atomic mass is 16.4. The Bertz CT molecular complexity index is 894. The summed E-state index contributed by atoms with van der Waals surface area (Å²) in [6.45, 7) is -1.56. The number of nitrogens with two attached hydrogens (primary N) is 1. The molecule has 8 N–H and O–H groups in total. The van der Waals surface area contributed by atoms with Crippen LogP contribution in [-0.2, 0) is 25.9 Å². The Morgan fingerprint density at radius 1 is 1.07 bits per heavy atom. The van der Waals surface area contributed by atoms with Gasteiger partial charge in [0.25, 0.3) is 5.56 Å². The van der Waals surface area contributed by atoms with E-state index in [4.69, 9.17) is 30.6 Å². The topological polar surface area (TPSA) is 226 Å². The zero-order valence-electron chi connectivity index (χ0n) is 16.2. The van der Waals surface area contributed by atoms with Crippen LogP contribution in [0.1, 0.15) is 0 Å². The lowest BCUT2D eigenvalue weighted by atomic mass is 10.1. The van der Waals surface area contributed by atoms with Gasteiger partial charge in [0.2, 0.25) is 0 Å². The third-order valence-electron chi connectivity index (χ3n) is 3.65. The summed E-state index contributed by atoms with van der Waals surface area (Å²) < 4.78 is 4.04. The number of aliphatic carboxylic acids is 1. The number of aliphatic hydroxyl groups is 5. The van der Waals surface area contributed by atoms with E-state index in [0.717, 1.165) is 4.57 Å². The molecular formula is C15H27N5O9. The first-order valence-corrected chi connectivity index (χ1v) is 8.19. The molecule has 2 rings (SSSR count). The highest BCUT2D eigenvalue weighted by Gasteiger charge is 2.22. The van der Waals surface area contributed by atoms with Gasteiger partial charge in [0, 0.05) is 21.1 Å². The van der Waals surface area contributed by atoms with E-state index < -0.39 is 37.5 Å². The predicted octanol–water partition coefficient (Wildman–Crippen LogP) is -4.95. The molecule has 2 heterocycles. The number of nitrogens with zero attached hydrogens (tertiary/aromatic N) is 4. The number of imidazole rings is 1. The predicted molar refractivity (Wildman–Crippen MR) is 100 cm³/mol. The SMILES string of the molecule is Cn1c(=O)c2c(ncn2C)n(C)c1=O.NCC(=O)O.OC[C@@H](O)C(O)[C@@H](O)CO. The molecule has 0 saturated heterocycles. The first kappa shape index (κ1) is 26.4. The van der Waals surface area contributed by atoms with Gasteiger partial charge in [-0.25, -0.2) is 9.78 Å². The van der Waals surface area contributed by atoms with Crippen LogP contribution < -0.4 is 17.0 Å². The Morgan fingerprint density at radius 2 is 1.52 bits per heavy atom. The van der Waals surface area contributed by atoms with E-state index in [1.165, 1.54) is 17.9 Å². The fourth-order valence-corrected chi connectivity index (χ4v) is 1.94. The van der Waals surface area contributed by atoms with Crippen LogP contribution in [0.3, 0.4) is 0 Å². The maximum Gasteiger partial charge on any atom is 0.332 e. The fourth-order valence-electron chi connectivity index (χ4n) is 1.94. The average Bonchev–Trinajstić information content (AvgIpc) is 3.11. The van der Waals surface area contributed by atoms with Crippen LogP contribution in [0, 0.1) is 0 Å². The van der Waals surface area contributed by atoms with Gasteiger partial charge in [-0.3, -0.25) is 18.7 Å². The Balaban J connectivity index is 0.000000459. The molecule has 0 aliphatic carbocycles. The molecule has 2 aromatic heterocycles.